The van der Waals surface area contributed by atoms with Crippen molar-refractivity contribution in [3.05, 3.63) is 52.5 Å². The van der Waals surface area contributed by atoms with E-state index < -0.39 is 0 Å². The van der Waals surface area contributed by atoms with Crippen molar-refractivity contribution in [1.29, 1.82) is 0 Å². The highest BCUT2D eigenvalue weighted by molar-refractivity contribution is 6.30. The van der Waals surface area contributed by atoms with E-state index in [2.05, 4.69) is 10.6 Å². The number of amides is 2. The number of anilines is 1. The highest BCUT2D eigenvalue weighted by atomic mass is 35.5. The van der Waals surface area contributed by atoms with Gasteiger partial charge in [-0.25, -0.2) is 4.79 Å². The Bertz CT molecular complexity index is 737. The minimum atomic E-state index is -0.315. The number of hydrogen-bond donors (Lipinski definition) is 3. The molecule has 134 valence electrons. The first-order valence-corrected chi connectivity index (χ1v) is 8.13. The number of ether oxygens (including phenoxy) is 2. The van der Waals surface area contributed by atoms with E-state index in [4.69, 9.17) is 26.2 Å². The summed E-state index contributed by atoms with van der Waals surface area (Å²) >= 11 is 5.90. The van der Waals surface area contributed by atoms with Crippen LogP contribution in [-0.4, -0.2) is 31.5 Å². The van der Waals surface area contributed by atoms with Gasteiger partial charge < -0.3 is 25.2 Å². The molecular weight excluding hydrogens is 344 g/mol. The van der Waals surface area contributed by atoms with Crippen LogP contribution in [0.2, 0.25) is 5.02 Å². The van der Waals surface area contributed by atoms with Gasteiger partial charge in [0.1, 0.15) is 6.61 Å². The molecule has 2 aromatic carbocycles. The summed E-state index contributed by atoms with van der Waals surface area (Å²) in [4.78, 5) is 12.0. The summed E-state index contributed by atoms with van der Waals surface area (Å²) in [5.74, 6) is 1.09. The molecule has 0 atom stereocenters. The zero-order valence-corrected chi connectivity index (χ0v) is 14.9. The van der Waals surface area contributed by atoms with Crippen molar-refractivity contribution in [2.75, 3.05) is 25.6 Å². The Hall–Kier alpha value is -2.44. The summed E-state index contributed by atoms with van der Waals surface area (Å²) in [6, 6.07) is 10.3. The first-order valence-electron chi connectivity index (χ1n) is 7.75. The van der Waals surface area contributed by atoms with Crippen LogP contribution in [0.3, 0.4) is 0 Å². The van der Waals surface area contributed by atoms with Gasteiger partial charge in [-0.1, -0.05) is 17.7 Å². The predicted molar refractivity (Wildman–Crippen MR) is 97.6 cm³/mol. The van der Waals surface area contributed by atoms with E-state index in [1.165, 1.54) is 7.11 Å². The molecule has 0 aliphatic carbocycles. The van der Waals surface area contributed by atoms with Crippen molar-refractivity contribution in [2.24, 2.45) is 0 Å². The van der Waals surface area contributed by atoms with Gasteiger partial charge in [0.25, 0.3) is 0 Å². The molecule has 0 aliphatic heterocycles. The van der Waals surface area contributed by atoms with Crippen molar-refractivity contribution in [1.82, 2.24) is 5.32 Å². The standard InChI is InChI=1S/C18H21ClN2O4/c1-12-9-14(19)4-5-15(12)21-18(23)20-11-13-3-6-16(25-8-7-22)17(10-13)24-2/h3-6,9-10,22H,7-8,11H2,1-2H3,(H2,20,21,23). The number of methoxy groups -OCH3 is 1. The quantitative estimate of drug-likeness (QED) is 0.704. The maximum Gasteiger partial charge on any atom is 0.319 e. The van der Waals surface area contributed by atoms with Crippen LogP contribution in [0, 0.1) is 6.92 Å². The number of nitrogens with one attached hydrogen (secondary N) is 2. The molecule has 0 aromatic heterocycles. The molecule has 2 aromatic rings. The molecule has 0 aliphatic rings. The van der Waals surface area contributed by atoms with Gasteiger partial charge in [0.05, 0.1) is 13.7 Å². The van der Waals surface area contributed by atoms with Crippen molar-refractivity contribution in [3.63, 3.8) is 0 Å². The molecule has 0 saturated carbocycles. The normalized spacial score (nSPS) is 10.2. The number of halogens is 1. The number of aryl methyl sites for hydroxylation is 1. The lowest BCUT2D eigenvalue weighted by Gasteiger charge is -2.13. The number of urea groups is 1. The second-order valence-electron chi connectivity index (χ2n) is 5.32. The maximum absolute atomic E-state index is 12.0. The molecule has 2 amide bonds. The fourth-order valence-electron chi connectivity index (χ4n) is 2.21. The third kappa shape index (κ3) is 5.55. The fourth-order valence-corrected chi connectivity index (χ4v) is 2.44. The number of rotatable bonds is 7. The minimum absolute atomic E-state index is 0.0727. The van der Waals surface area contributed by atoms with E-state index >= 15 is 0 Å². The van der Waals surface area contributed by atoms with Gasteiger partial charge in [-0.3, -0.25) is 0 Å². The SMILES string of the molecule is COc1cc(CNC(=O)Nc2ccc(Cl)cc2C)ccc1OCCO. The molecule has 6 nitrogen and oxygen atoms in total. The predicted octanol–water partition coefficient (Wildman–Crippen LogP) is 3.35. The number of benzene rings is 2. The summed E-state index contributed by atoms with van der Waals surface area (Å²) in [6.07, 6.45) is 0. The average molecular weight is 365 g/mol. The molecule has 0 saturated heterocycles. The lowest BCUT2D eigenvalue weighted by Crippen LogP contribution is -2.28. The average Bonchev–Trinajstić information content (AvgIpc) is 2.60. The first-order chi connectivity index (χ1) is 12.0. The first kappa shape index (κ1) is 18.9. The Balaban J connectivity index is 1.94. The topological polar surface area (TPSA) is 79.8 Å². The van der Waals surface area contributed by atoms with E-state index in [9.17, 15) is 4.79 Å². The molecule has 2 rings (SSSR count). The largest absolute Gasteiger partial charge is 0.493 e. The van der Waals surface area contributed by atoms with Crippen molar-refractivity contribution < 1.29 is 19.4 Å². The molecule has 0 fully saturated rings. The highest BCUT2D eigenvalue weighted by Gasteiger charge is 2.08. The van der Waals surface area contributed by atoms with Crippen LogP contribution >= 0.6 is 11.6 Å². The molecule has 25 heavy (non-hydrogen) atoms. The molecule has 0 bridgehead atoms. The van der Waals surface area contributed by atoms with E-state index in [-0.39, 0.29) is 19.2 Å². The zero-order chi connectivity index (χ0) is 18.2. The van der Waals surface area contributed by atoms with Gasteiger partial charge in [-0.15, -0.1) is 0 Å². The molecular formula is C18H21ClN2O4. The molecule has 0 radical (unpaired) electrons. The lowest BCUT2D eigenvalue weighted by atomic mass is 10.2. The summed E-state index contributed by atoms with van der Waals surface area (Å²) in [5, 5.41) is 15.0. The Morgan fingerprint density at radius 3 is 2.68 bits per heavy atom. The summed E-state index contributed by atoms with van der Waals surface area (Å²) in [6.45, 7) is 2.32. The van der Waals surface area contributed by atoms with Crippen LogP contribution in [0.25, 0.3) is 0 Å². The van der Waals surface area contributed by atoms with Gasteiger partial charge in [0.15, 0.2) is 11.5 Å². The molecule has 0 spiro atoms. The van der Waals surface area contributed by atoms with Crippen molar-refractivity contribution in [2.45, 2.75) is 13.5 Å². The number of carbonyl (C=O) groups excluding carboxylic acids is 1. The van der Waals surface area contributed by atoms with Gasteiger partial charge in [-0.05, 0) is 48.4 Å². The Morgan fingerprint density at radius 1 is 1.20 bits per heavy atom. The lowest BCUT2D eigenvalue weighted by molar-refractivity contribution is 0.196. The summed E-state index contributed by atoms with van der Waals surface area (Å²) < 4.78 is 10.6. The fraction of sp³-hybridized carbons (Fsp3) is 0.278. The van der Waals surface area contributed by atoms with Gasteiger partial charge in [0, 0.05) is 17.3 Å². The Kier molecular flexibility index (Phi) is 6.91. The molecule has 7 heteroatoms. The smallest absolute Gasteiger partial charge is 0.319 e. The molecule has 3 N–H and O–H groups in total. The van der Waals surface area contributed by atoms with Crippen LogP contribution in [0.4, 0.5) is 10.5 Å². The number of aliphatic hydroxyl groups is 1. The van der Waals surface area contributed by atoms with Crippen molar-refractivity contribution >= 4 is 23.3 Å². The Morgan fingerprint density at radius 2 is 2.00 bits per heavy atom. The van der Waals surface area contributed by atoms with Crippen LogP contribution in [0.1, 0.15) is 11.1 Å². The zero-order valence-electron chi connectivity index (χ0n) is 14.1. The summed E-state index contributed by atoms with van der Waals surface area (Å²) in [7, 11) is 1.54. The van der Waals surface area contributed by atoms with Crippen LogP contribution < -0.4 is 20.1 Å². The molecule has 0 unspecified atom stereocenters. The third-order valence-electron chi connectivity index (χ3n) is 3.47. The van der Waals surface area contributed by atoms with Crippen LogP contribution in [0.5, 0.6) is 11.5 Å². The number of carbonyl (C=O) groups is 1. The van der Waals surface area contributed by atoms with E-state index in [1.807, 2.05) is 13.0 Å². The van der Waals surface area contributed by atoms with E-state index in [0.29, 0.717) is 28.8 Å². The van der Waals surface area contributed by atoms with E-state index in [1.54, 1.807) is 30.3 Å². The van der Waals surface area contributed by atoms with Crippen molar-refractivity contribution in [3.8, 4) is 11.5 Å². The monoisotopic (exact) mass is 364 g/mol. The Labute approximate surface area is 151 Å². The van der Waals surface area contributed by atoms with Crippen LogP contribution in [0.15, 0.2) is 36.4 Å². The van der Waals surface area contributed by atoms with Crippen LogP contribution in [-0.2, 0) is 6.54 Å². The molecule has 0 heterocycles. The number of aliphatic hydroxyl groups excluding tert-OH is 1. The van der Waals surface area contributed by atoms with Gasteiger partial charge >= 0.3 is 6.03 Å². The second-order valence-corrected chi connectivity index (χ2v) is 5.76. The van der Waals surface area contributed by atoms with Gasteiger partial charge in [-0.2, -0.15) is 0 Å². The number of hydrogen-bond acceptors (Lipinski definition) is 4. The highest BCUT2D eigenvalue weighted by Crippen LogP contribution is 2.28. The minimum Gasteiger partial charge on any atom is -0.493 e. The third-order valence-corrected chi connectivity index (χ3v) is 3.70. The van der Waals surface area contributed by atoms with E-state index in [0.717, 1.165) is 11.1 Å². The van der Waals surface area contributed by atoms with Gasteiger partial charge in [0.2, 0.25) is 0 Å². The summed E-state index contributed by atoms with van der Waals surface area (Å²) in [5.41, 5.74) is 2.44. The maximum atomic E-state index is 12.0. The second kappa shape index (κ2) is 9.15.